The van der Waals surface area contributed by atoms with E-state index in [9.17, 15) is 4.39 Å². The van der Waals surface area contributed by atoms with Gasteiger partial charge in [-0.1, -0.05) is 12.2 Å². The van der Waals surface area contributed by atoms with Crippen LogP contribution in [0.1, 0.15) is 30.9 Å². The Hall–Kier alpha value is -1.04. The molecule has 0 saturated heterocycles. The molecule has 116 valence electrons. The molecule has 0 heterocycles. The Morgan fingerprint density at radius 1 is 1.52 bits per heavy atom. The van der Waals surface area contributed by atoms with Crippen LogP contribution in [0, 0.1) is 11.7 Å². The predicted molar refractivity (Wildman–Crippen MR) is 86.8 cm³/mol. The van der Waals surface area contributed by atoms with Crippen molar-refractivity contribution in [1.82, 2.24) is 4.90 Å². The van der Waals surface area contributed by atoms with E-state index in [0.29, 0.717) is 24.2 Å². The minimum atomic E-state index is -0.254. The molecule has 1 saturated carbocycles. The molecule has 1 atom stereocenters. The van der Waals surface area contributed by atoms with Crippen molar-refractivity contribution in [2.24, 2.45) is 11.7 Å². The third-order valence-corrected chi connectivity index (χ3v) is 4.39. The summed E-state index contributed by atoms with van der Waals surface area (Å²) in [5, 5.41) is 0. The maximum Gasteiger partial charge on any atom is 0.123 e. The Balaban J connectivity index is 2.18. The van der Waals surface area contributed by atoms with Gasteiger partial charge in [-0.25, -0.2) is 4.39 Å². The van der Waals surface area contributed by atoms with Crippen LogP contribution in [0.5, 0.6) is 0 Å². The highest BCUT2D eigenvalue weighted by Crippen LogP contribution is 2.35. The first-order valence-corrected chi connectivity index (χ1v) is 7.75. The van der Waals surface area contributed by atoms with Crippen molar-refractivity contribution < 1.29 is 9.13 Å². The van der Waals surface area contributed by atoms with Gasteiger partial charge in [0.25, 0.3) is 0 Å². The molecular weight excluding hydrogens is 287 g/mol. The zero-order valence-electron chi connectivity index (χ0n) is 12.6. The summed E-state index contributed by atoms with van der Waals surface area (Å²) in [7, 11) is 1.70. The third kappa shape index (κ3) is 4.46. The number of benzene rings is 1. The minimum Gasteiger partial charge on any atom is -0.389 e. The first kappa shape index (κ1) is 16.3. The number of nitrogens with two attached hydrogens (primary N) is 1. The van der Waals surface area contributed by atoms with Gasteiger partial charge in [0.2, 0.25) is 0 Å². The van der Waals surface area contributed by atoms with Gasteiger partial charge in [0, 0.05) is 31.8 Å². The van der Waals surface area contributed by atoms with Gasteiger partial charge >= 0.3 is 0 Å². The SMILES string of the molecule is COCCN(Cc1cc(F)ccc1C(N)=S)C(C)C1CC1. The number of rotatable bonds is 8. The van der Waals surface area contributed by atoms with Crippen LogP contribution >= 0.6 is 12.2 Å². The van der Waals surface area contributed by atoms with Gasteiger partial charge < -0.3 is 10.5 Å². The predicted octanol–water partition coefficient (Wildman–Crippen LogP) is 2.71. The molecule has 0 aliphatic heterocycles. The number of methoxy groups -OCH3 is 1. The smallest absolute Gasteiger partial charge is 0.123 e. The molecule has 1 fully saturated rings. The van der Waals surface area contributed by atoms with Gasteiger partial charge in [-0.2, -0.15) is 0 Å². The van der Waals surface area contributed by atoms with Crippen molar-refractivity contribution in [2.75, 3.05) is 20.3 Å². The number of ether oxygens (including phenoxy) is 1. The van der Waals surface area contributed by atoms with Crippen LogP contribution in [0.2, 0.25) is 0 Å². The highest BCUT2D eigenvalue weighted by atomic mass is 32.1. The number of hydrogen-bond acceptors (Lipinski definition) is 3. The molecule has 0 spiro atoms. The molecule has 5 heteroatoms. The summed E-state index contributed by atoms with van der Waals surface area (Å²) in [5.41, 5.74) is 7.37. The van der Waals surface area contributed by atoms with E-state index >= 15 is 0 Å². The Kier molecular flexibility index (Phi) is 5.67. The van der Waals surface area contributed by atoms with Gasteiger partial charge in [-0.3, -0.25) is 4.90 Å². The molecule has 1 aliphatic carbocycles. The van der Waals surface area contributed by atoms with Gasteiger partial charge in [-0.05, 0) is 49.4 Å². The highest BCUT2D eigenvalue weighted by molar-refractivity contribution is 7.80. The van der Waals surface area contributed by atoms with Crippen LogP contribution in [-0.2, 0) is 11.3 Å². The molecule has 2 N–H and O–H groups in total. The summed E-state index contributed by atoms with van der Waals surface area (Å²) in [6, 6.07) is 5.07. The van der Waals surface area contributed by atoms with Gasteiger partial charge in [0.1, 0.15) is 10.8 Å². The third-order valence-electron chi connectivity index (χ3n) is 4.17. The fourth-order valence-electron chi connectivity index (χ4n) is 2.66. The first-order chi connectivity index (χ1) is 10.0. The number of hydrogen-bond donors (Lipinski definition) is 1. The van der Waals surface area contributed by atoms with Crippen LogP contribution in [0.15, 0.2) is 18.2 Å². The topological polar surface area (TPSA) is 38.5 Å². The summed E-state index contributed by atoms with van der Waals surface area (Å²) in [6.45, 7) is 4.36. The van der Waals surface area contributed by atoms with Crippen molar-refractivity contribution >= 4 is 17.2 Å². The van der Waals surface area contributed by atoms with Crippen LogP contribution in [0.3, 0.4) is 0 Å². The van der Waals surface area contributed by atoms with E-state index in [1.807, 2.05) is 0 Å². The molecule has 0 aromatic heterocycles. The minimum absolute atomic E-state index is 0.254. The van der Waals surface area contributed by atoms with Crippen molar-refractivity contribution in [3.8, 4) is 0 Å². The van der Waals surface area contributed by atoms with E-state index in [-0.39, 0.29) is 5.82 Å². The van der Waals surface area contributed by atoms with Gasteiger partial charge in [0.05, 0.1) is 6.61 Å². The van der Waals surface area contributed by atoms with E-state index in [1.54, 1.807) is 13.2 Å². The van der Waals surface area contributed by atoms with Crippen molar-refractivity contribution in [3.63, 3.8) is 0 Å². The van der Waals surface area contributed by atoms with E-state index in [0.717, 1.165) is 23.6 Å². The van der Waals surface area contributed by atoms with E-state index in [4.69, 9.17) is 22.7 Å². The number of thiocarbonyl (C=S) groups is 1. The molecule has 1 aliphatic rings. The lowest BCUT2D eigenvalue weighted by atomic mass is 10.0. The molecule has 0 bridgehead atoms. The summed E-state index contributed by atoms with van der Waals surface area (Å²) < 4.78 is 18.8. The maximum atomic E-state index is 13.6. The fourth-order valence-corrected chi connectivity index (χ4v) is 2.86. The molecule has 1 aromatic carbocycles. The molecule has 3 nitrogen and oxygen atoms in total. The number of nitrogens with zero attached hydrogens (tertiary/aromatic N) is 1. The zero-order chi connectivity index (χ0) is 15.4. The largest absolute Gasteiger partial charge is 0.389 e. The van der Waals surface area contributed by atoms with E-state index in [2.05, 4.69) is 11.8 Å². The highest BCUT2D eigenvalue weighted by Gasteiger charge is 2.32. The molecule has 1 aromatic rings. The standard InChI is InChI=1S/C16H23FN2OS/c1-11(12-3-4-12)19(7-8-20-2)10-13-9-14(17)5-6-15(13)16(18)21/h5-6,9,11-12H,3-4,7-8,10H2,1-2H3,(H2,18,21). The van der Waals surface area contributed by atoms with Crippen LogP contribution in [0.4, 0.5) is 4.39 Å². The Bertz CT molecular complexity index is 505. The van der Waals surface area contributed by atoms with Crippen molar-refractivity contribution in [1.29, 1.82) is 0 Å². The molecule has 21 heavy (non-hydrogen) atoms. The molecule has 0 radical (unpaired) electrons. The average molecular weight is 310 g/mol. The zero-order valence-corrected chi connectivity index (χ0v) is 13.5. The maximum absolute atomic E-state index is 13.6. The van der Waals surface area contributed by atoms with Gasteiger partial charge in [0.15, 0.2) is 0 Å². The monoisotopic (exact) mass is 310 g/mol. The number of halogens is 1. The van der Waals surface area contributed by atoms with Gasteiger partial charge in [-0.15, -0.1) is 0 Å². The van der Waals surface area contributed by atoms with E-state index < -0.39 is 0 Å². The van der Waals surface area contributed by atoms with Crippen LogP contribution in [-0.4, -0.2) is 36.2 Å². The second-order valence-corrected chi connectivity index (χ2v) is 6.15. The summed E-state index contributed by atoms with van der Waals surface area (Å²) in [4.78, 5) is 2.65. The molecular formula is C16H23FN2OS. The van der Waals surface area contributed by atoms with E-state index in [1.165, 1.54) is 25.0 Å². The normalized spacial score (nSPS) is 16.2. The quantitative estimate of drug-likeness (QED) is 0.749. The second-order valence-electron chi connectivity index (χ2n) is 5.71. The molecule has 2 rings (SSSR count). The molecule has 0 amide bonds. The Morgan fingerprint density at radius 2 is 2.24 bits per heavy atom. The summed E-state index contributed by atoms with van der Waals surface area (Å²) >= 11 is 5.07. The summed E-state index contributed by atoms with van der Waals surface area (Å²) in [5.74, 6) is 0.486. The first-order valence-electron chi connectivity index (χ1n) is 7.34. The van der Waals surface area contributed by atoms with Crippen molar-refractivity contribution in [3.05, 3.63) is 35.1 Å². The van der Waals surface area contributed by atoms with Crippen LogP contribution < -0.4 is 5.73 Å². The van der Waals surface area contributed by atoms with Crippen LogP contribution in [0.25, 0.3) is 0 Å². The summed E-state index contributed by atoms with van der Waals surface area (Å²) in [6.07, 6.45) is 2.55. The lowest BCUT2D eigenvalue weighted by molar-refractivity contribution is 0.111. The Morgan fingerprint density at radius 3 is 2.81 bits per heavy atom. The fraction of sp³-hybridized carbons (Fsp3) is 0.562. The van der Waals surface area contributed by atoms with Crippen molar-refractivity contribution in [2.45, 2.75) is 32.4 Å². The average Bonchev–Trinajstić information content (AvgIpc) is 3.26. The lowest BCUT2D eigenvalue weighted by Crippen LogP contribution is -2.37. The second kappa shape index (κ2) is 7.29. The molecule has 1 unspecified atom stereocenters. The Labute approximate surface area is 131 Å². The lowest BCUT2D eigenvalue weighted by Gasteiger charge is -2.29.